The van der Waals surface area contributed by atoms with Gasteiger partial charge in [0.05, 0.1) is 0 Å². The Bertz CT molecular complexity index is 344. The highest BCUT2D eigenvalue weighted by Crippen LogP contribution is 2.85. The zero-order valence-corrected chi connectivity index (χ0v) is 16.5. The third kappa shape index (κ3) is 3.33. The lowest BCUT2D eigenvalue weighted by atomic mass is 9.77. The maximum Gasteiger partial charge on any atom is 0.130 e. The predicted octanol–water partition coefficient (Wildman–Crippen LogP) is 8.20. The Morgan fingerprint density at radius 3 is 0.826 bits per heavy atom. The summed E-state index contributed by atoms with van der Waals surface area (Å²) < 4.78 is -0.432. The molecule has 0 aliphatic heterocycles. The molecular formula is C21H36Cl2. The van der Waals surface area contributed by atoms with Crippen LogP contribution < -0.4 is 0 Å². The van der Waals surface area contributed by atoms with Crippen LogP contribution >= 0.6 is 23.2 Å². The molecule has 0 saturated heterocycles. The van der Waals surface area contributed by atoms with Gasteiger partial charge in [-0.3, -0.25) is 0 Å². The Balaban J connectivity index is 1.80. The van der Waals surface area contributed by atoms with Crippen LogP contribution in [-0.4, -0.2) is 4.33 Å². The molecule has 0 amide bonds. The Labute approximate surface area is 154 Å². The standard InChI is InChI=1S/C21H36Cl2/c22-21(23)19-15-11-7-3-1-2-4-8-12-16-20(19,21)18-14-10-6-5-9-13-17-19/h1-18H2. The molecule has 0 aromatic heterocycles. The van der Waals surface area contributed by atoms with E-state index in [9.17, 15) is 0 Å². The van der Waals surface area contributed by atoms with Crippen LogP contribution in [0.5, 0.6) is 0 Å². The molecule has 3 aliphatic rings. The van der Waals surface area contributed by atoms with Gasteiger partial charge in [-0.15, -0.1) is 23.2 Å². The van der Waals surface area contributed by atoms with Crippen molar-refractivity contribution < 1.29 is 0 Å². The maximum absolute atomic E-state index is 7.12. The second kappa shape index (κ2) is 7.86. The maximum atomic E-state index is 7.12. The summed E-state index contributed by atoms with van der Waals surface area (Å²) in [5, 5.41) is 0. The van der Waals surface area contributed by atoms with Gasteiger partial charge in [-0.1, -0.05) is 89.9 Å². The molecular weight excluding hydrogens is 323 g/mol. The van der Waals surface area contributed by atoms with E-state index >= 15 is 0 Å². The van der Waals surface area contributed by atoms with Crippen molar-refractivity contribution in [3.63, 3.8) is 0 Å². The minimum absolute atomic E-state index is 0.250. The molecule has 0 spiro atoms. The molecule has 3 fully saturated rings. The number of hydrogen-bond donors (Lipinski definition) is 0. The van der Waals surface area contributed by atoms with Crippen LogP contribution in [0.4, 0.5) is 0 Å². The van der Waals surface area contributed by atoms with Gasteiger partial charge in [0.25, 0.3) is 0 Å². The fraction of sp³-hybridized carbons (Fsp3) is 1.00. The lowest BCUT2D eigenvalue weighted by molar-refractivity contribution is 0.230. The molecule has 134 valence electrons. The van der Waals surface area contributed by atoms with E-state index in [1.165, 1.54) is 116 Å². The third-order valence-corrected chi connectivity index (χ3v) is 8.92. The first-order valence-corrected chi connectivity index (χ1v) is 11.3. The average Bonchev–Trinajstić information content (AvgIpc) is 2.93. The molecule has 3 rings (SSSR count). The van der Waals surface area contributed by atoms with Crippen molar-refractivity contribution in [1.29, 1.82) is 0 Å². The van der Waals surface area contributed by atoms with Crippen LogP contribution in [0.25, 0.3) is 0 Å². The molecule has 0 heterocycles. The van der Waals surface area contributed by atoms with E-state index in [0.29, 0.717) is 0 Å². The van der Waals surface area contributed by atoms with Crippen LogP contribution in [0.3, 0.4) is 0 Å². The molecule has 3 aliphatic carbocycles. The minimum Gasteiger partial charge on any atom is -0.100 e. The lowest BCUT2D eigenvalue weighted by Crippen LogP contribution is -2.16. The van der Waals surface area contributed by atoms with Crippen molar-refractivity contribution in [2.75, 3.05) is 0 Å². The molecule has 2 unspecified atom stereocenters. The molecule has 0 nitrogen and oxygen atoms in total. The summed E-state index contributed by atoms with van der Waals surface area (Å²) in [5.41, 5.74) is 0.499. The molecule has 0 aromatic carbocycles. The molecule has 0 radical (unpaired) electrons. The SMILES string of the molecule is ClC1(Cl)C23CCCCCCCCCCC12CCCCCCCC3. The zero-order chi connectivity index (χ0) is 16.2. The first kappa shape index (κ1) is 18.4. The number of hydrogen-bond acceptors (Lipinski definition) is 0. The van der Waals surface area contributed by atoms with Crippen LogP contribution in [0.2, 0.25) is 0 Å². The van der Waals surface area contributed by atoms with Crippen molar-refractivity contribution >= 4 is 23.2 Å². The highest BCUT2D eigenvalue weighted by Gasteiger charge is 2.83. The number of alkyl halides is 2. The second-order valence-corrected chi connectivity index (χ2v) is 10.0. The summed E-state index contributed by atoms with van der Waals surface area (Å²) in [6.07, 6.45) is 24.7. The Hall–Kier alpha value is 0.580. The Kier molecular flexibility index (Phi) is 6.28. The predicted molar refractivity (Wildman–Crippen MR) is 102 cm³/mol. The van der Waals surface area contributed by atoms with E-state index < -0.39 is 4.33 Å². The smallest absolute Gasteiger partial charge is 0.100 e. The van der Waals surface area contributed by atoms with Gasteiger partial charge in [0.2, 0.25) is 0 Å². The van der Waals surface area contributed by atoms with Crippen molar-refractivity contribution in [3.05, 3.63) is 0 Å². The first-order valence-electron chi connectivity index (χ1n) is 10.5. The van der Waals surface area contributed by atoms with Crippen LogP contribution in [-0.2, 0) is 0 Å². The largest absolute Gasteiger partial charge is 0.130 e. The van der Waals surface area contributed by atoms with Gasteiger partial charge in [-0.25, -0.2) is 0 Å². The lowest BCUT2D eigenvalue weighted by Gasteiger charge is -2.27. The number of halogens is 2. The fourth-order valence-electron chi connectivity index (χ4n) is 6.05. The monoisotopic (exact) mass is 358 g/mol. The molecule has 2 atom stereocenters. The molecule has 2 heteroatoms. The molecule has 0 N–H and O–H groups in total. The summed E-state index contributed by atoms with van der Waals surface area (Å²) in [6, 6.07) is 0. The van der Waals surface area contributed by atoms with Crippen molar-refractivity contribution in [1.82, 2.24) is 0 Å². The zero-order valence-electron chi connectivity index (χ0n) is 15.0. The summed E-state index contributed by atoms with van der Waals surface area (Å²) in [7, 11) is 0. The Morgan fingerprint density at radius 1 is 0.348 bits per heavy atom. The van der Waals surface area contributed by atoms with E-state index in [1.54, 1.807) is 0 Å². The quantitative estimate of drug-likeness (QED) is 0.382. The normalized spacial score (nSPS) is 39.9. The van der Waals surface area contributed by atoms with Crippen molar-refractivity contribution in [2.24, 2.45) is 10.8 Å². The summed E-state index contributed by atoms with van der Waals surface area (Å²) in [4.78, 5) is 0. The summed E-state index contributed by atoms with van der Waals surface area (Å²) in [6.45, 7) is 0. The second-order valence-electron chi connectivity index (χ2n) is 8.69. The molecule has 3 saturated carbocycles. The highest BCUT2D eigenvalue weighted by atomic mass is 35.5. The third-order valence-electron chi connectivity index (χ3n) is 7.47. The molecule has 0 bridgehead atoms. The van der Waals surface area contributed by atoms with Gasteiger partial charge in [0.15, 0.2) is 0 Å². The Morgan fingerprint density at radius 2 is 0.565 bits per heavy atom. The van der Waals surface area contributed by atoms with Gasteiger partial charge >= 0.3 is 0 Å². The van der Waals surface area contributed by atoms with E-state index in [-0.39, 0.29) is 10.8 Å². The van der Waals surface area contributed by atoms with Crippen LogP contribution in [0.15, 0.2) is 0 Å². The molecule has 23 heavy (non-hydrogen) atoms. The first-order chi connectivity index (χ1) is 11.2. The fourth-order valence-corrected chi connectivity index (χ4v) is 7.44. The summed E-state index contributed by atoms with van der Waals surface area (Å²) in [5.74, 6) is 0. The van der Waals surface area contributed by atoms with E-state index in [0.717, 1.165) is 0 Å². The van der Waals surface area contributed by atoms with Crippen molar-refractivity contribution in [3.8, 4) is 0 Å². The summed E-state index contributed by atoms with van der Waals surface area (Å²) >= 11 is 14.2. The van der Waals surface area contributed by atoms with E-state index in [1.807, 2.05) is 0 Å². The highest BCUT2D eigenvalue weighted by molar-refractivity contribution is 6.52. The average molecular weight is 359 g/mol. The van der Waals surface area contributed by atoms with Gasteiger partial charge in [-0.2, -0.15) is 0 Å². The van der Waals surface area contributed by atoms with E-state index in [2.05, 4.69) is 0 Å². The van der Waals surface area contributed by atoms with Crippen molar-refractivity contribution in [2.45, 2.75) is 120 Å². The van der Waals surface area contributed by atoms with Gasteiger partial charge in [-0.05, 0) is 25.7 Å². The van der Waals surface area contributed by atoms with Gasteiger partial charge < -0.3 is 0 Å². The van der Waals surface area contributed by atoms with Gasteiger partial charge in [0, 0.05) is 10.8 Å². The minimum atomic E-state index is -0.432. The van der Waals surface area contributed by atoms with Crippen LogP contribution in [0.1, 0.15) is 116 Å². The number of rotatable bonds is 0. The molecule has 0 aromatic rings. The topological polar surface area (TPSA) is 0 Å². The van der Waals surface area contributed by atoms with Crippen LogP contribution in [0, 0.1) is 10.8 Å². The van der Waals surface area contributed by atoms with E-state index in [4.69, 9.17) is 23.2 Å². The van der Waals surface area contributed by atoms with Gasteiger partial charge in [0.1, 0.15) is 4.33 Å².